The molecule has 0 heterocycles. The summed E-state index contributed by atoms with van der Waals surface area (Å²) in [6.45, 7) is 1.50. The summed E-state index contributed by atoms with van der Waals surface area (Å²) in [4.78, 5) is 21.3. The molecule has 0 fully saturated rings. The van der Waals surface area contributed by atoms with Gasteiger partial charge in [-0.15, -0.1) is 6.54 Å². The molecule has 0 bridgehead atoms. The fraction of sp³-hybridized carbons (Fsp3) is 0.200. The van der Waals surface area contributed by atoms with Gasteiger partial charge in [-0.05, 0) is 0 Å². The molecule has 0 aliphatic heterocycles. The van der Waals surface area contributed by atoms with Crippen LogP contribution in [0.1, 0.15) is 12.5 Å². The van der Waals surface area contributed by atoms with E-state index in [0.717, 1.165) is 5.56 Å². The van der Waals surface area contributed by atoms with Crippen LogP contribution >= 0.6 is 0 Å². The first-order chi connectivity index (χ1) is 6.20. The molecule has 0 aromatic heterocycles. The molecular weight excluding hydrogens is 173 g/mol. The molecule has 1 aromatic rings. The first kappa shape index (κ1) is 13.0. The molecular formula is C10H10LiNO2. The van der Waals surface area contributed by atoms with Crippen molar-refractivity contribution in [2.24, 2.45) is 0 Å². The van der Waals surface area contributed by atoms with Gasteiger partial charge in [-0.2, -0.15) is 0 Å². The van der Waals surface area contributed by atoms with E-state index in [-0.39, 0.29) is 25.4 Å². The van der Waals surface area contributed by atoms with Crippen LogP contribution in [0.3, 0.4) is 0 Å². The number of carbonyl (C=O) groups is 2. The zero-order valence-corrected chi connectivity index (χ0v) is 8.36. The van der Waals surface area contributed by atoms with E-state index in [1.807, 2.05) is 30.3 Å². The molecule has 0 atom stereocenters. The number of hydrogen-bond donors (Lipinski definition) is 0. The molecule has 0 aliphatic rings. The fourth-order valence-corrected chi connectivity index (χ4v) is 0.858. The van der Waals surface area contributed by atoms with Gasteiger partial charge < -0.3 is 10.1 Å². The minimum Gasteiger partial charge on any atom is -0.643 e. The van der Waals surface area contributed by atoms with Crippen molar-refractivity contribution >= 4 is 11.7 Å². The van der Waals surface area contributed by atoms with Gasteiger partial charge in [0, 0.05) is 6.92 Å². The van der Waals surface area contributed by atoms with E-state index in [4.69, 9.17) is 0 Å². The van der Waals surface area contributed by atoms with Crippen LogP contribution in [-0.2, 0) is 16.1 Å². The largest absolute Gasteiger partial charge is 1.00 e. The summed E-state index contributed by atoms with van der Waals surface area (Å²) in [5, 5.41) is 3.61. The summed E-state index contributed by atoms with van der Waals surface area (Å²) < 4.78 is 0. The third-order valence-electron chi connectivity index (χ3n) is 1.55. The van der Waals surface area contributed by atoms with Crippen LogP contribution in [0.2, 0.25) is 0 Å². The maximum atomic E-state index is 10.8. The summed E-state index contributed by atoms with van der Waals surface area (Å²) in [7, 11) is 0. The van der Waals surface area contributed by atoms with Crippen molar-refractivity contribution in [1.82, 2.24) is 0 Å². The number of ketones is 1. The van der Waals surface area contributed by atoms with Gasteiger partial charge in [0.05, 0.1) is 0 Å². The number of carbonyl (C=O) groups excluding carboxylic acids is 2. The van der Waals surface area contributed by atoms with E-state index in [9.17, 15) is 9.59 Å². The Balaban J connectivity index is 0.00000169. The quantitative estimate of drug-likeness (QED) is 0.431. The molecule has 4 heteroatoms. The fourth-order valence-electron chi connectivity index (χ4n) is 0.858. The summed E-state index contributed by atoms with van der Waals surface area (Å²) in [6, 6.07) is 9.33. The summed E-state index contributed by atoms with van der Waals surface area (Å²) >= 11 is 0. The molecule has 0 radical (unpaired) electrons. The van der Waals surface area contributed by atoms with Crippen molar-refractivity contribution in [2.75, 3.05) is 0 Å². The zero-order valence-electron chi connectivity index (χ0n) is 8.36. The van der Waals surface area contributed by atoms with Crippen LogP contribution in [-0.4, -0.2) is 11.7 Å². The predicted octanol–water partition coefficient (Wildman–Crippen LogP) is -1.32. The minimum atomic E-state index is -0.663. The van der Waals surface area contributed by atoms with Gasteiger partial charge in [0.2, 0.25) is 0 Å². The Morgan fingerprint density at radius 2 is 1.79 bits per heavy atom. The third-order valence-corrected chi connectivity index (χ3v) is 1.55. The second-order valence-electron chi connectivity index (χ2n) is 2.66. The van der Waals surface area contributed by atoms with Gasteiger partial charge >= 0.3 is 18.9 Å². The minimum absolute atomic E-state index is 0. The summed E-state index contributed by atoms with van der Waals surface area (Å²) in [6.07, 6.45) is 0. The molecule has 1 aromatic carbocycles. The SMILES string of the molecule is CC(=O)C(=O)[N-]Cc1ccccc1.[Li+]. The maximum absolute atomic E-state index is 10.8. The second-order valence-corrected chi connectivity index (χ2v) is 2.66. The molecule has 0 spiro atoms. The summed E-state index contributed by atoms with van der Waals surface area (Å²) in [5.41, 5.74) is 0.928. The first-order valence-corrected chi connectivity index (χ1v) is 3.96. The Morgan fingerprint density at radius 3 is 2.29 bits per heavy atom. The van der Waals surface area contributed by atoms with Crippen LogP contribution < -0.4 is 18.9 Å². The molecule has 0 aliphatic carbocycles. The van der Waals surface area contributed by atoms with Crippen molar-refractivity contribution in [3.05, 3.63) is 41.2 Å². The monoisotopic (exact) mass is 183 g/mol. The Kier molecular flexibility index (Phi) is 5.94. The van der Waals surface area contributed by atoms with Crippen LogP contribution in [0.15, 0.2) is 30.3 Å². The summed E-state index contributed by atoms with van der Waals surface area (Å²) in [5.74, 6) is -1.18. The van der Waals surface area contributed by atoms with Gasteiger partial charge in [-0.25, -0.2) is 0 Å². The van der Waals surface area contributed by atoms with E-state index in [2.05, 4.69) is 5.32 Å². The number of nitrogens with zero attached hydrogens (tertiary/aromatic N) is 1. The molecule has 14 heavy (non-hydrogen) atoms. The standard InChI is InChI=1S/C10H11NO2.Li/c1-8(12)10(13)11-7-9-5-3-2-4-6-9;/h2-6H,7H2,1H3,(H,11,13);/q;+1/p-1. The molecule has 68 valence electrons. The molecule has 1 rings (SSSR count). The average molecular weight is 183 g/mol. The third kappa shape index (κ3) is 4.27. The van der Waals surface area contributed by atoms with Gasteiger partial charge in [0.15, 0.2) is 5.78 Å². The van der Waals surface area contributed by atoms with E-state index in [0.29, 0.717) is 0 Å². The number of hydrogen-bond acceptors (Lipinski definition) is 2. The van der Waals surface area contributed by atoms with Gasteiger partial charge in [-0.1, -0.05) is 35.9 Å². The van der Waals surface area contributed by atoms with Crippen LogP contribution in [0.5, 0.6) is 0 Å². The Labute approximate surface area is 95.1 Å². The zero-order chi connectivity index (χ0) is 9.68. The smallest absolute Gasteiger partial charge is 0.643 e. The molecule has 1 amide bonds. The van der Waals surface area contributed by atoms with Gasteiger partial charge in [0.1, 0.15) is 5.91 Å². The molecule has 3 nitrogen and oxygen atoms in total. The van der Waals surface area contributed by atoms with E-state index >= 15 is 0 Å². The van der Waals surface area contributed by atoms with Gasteiger partial charge in [-0.3, -0.25) is 4.79 Å². The van der Waals surface area contributed by atoms with Crippen molar-refractivity contribution in [2.45, 2.75) is 13.5 Å². The normalized spacial score (nSPS) is 8.64. The molecule has 0 saturated heterocycles. The van der Waals surface area contributed by atoms with Crippen molar-refractivity contribution in [3.8, 4) is 0 Å². The van der Waals surface area contributed by atoms with Crippen molar-refractivity contribution in [1.29, 1.82) is 0 Å². The Bertz CT molecular complexity index is 311. The van der Waals surface area contributed by atoms with Crippen LogP contribution in [0, 0.1) is 0 Å². The van der Waals surface area contributed by atoms with Crippen molar-refractivity contribution < 1.29 is 28.4 Å². The van der Waals surface area contributed by atoms with Crippen LogP contribution in [0.4, 0.5) is 0 Å². The Hall–Kier alpha value is -1.04. The topological polar surface area (TPSA) is 48.2 Å². The predicted molar refractivity (Wildman–Crippen MR) is 49.2 cm³/mol. The molecule has 0 unspecified atom stereocenters. The number of amides is 1. The number of benzene rings is 1. The van der Waals surface area contributed by atoms with Crippen LogP contribution in [0.25, 0.3) is 5.32 Å². The maximum Gasteiger partial charge on any atom is 1.00 e. The Morgan fingerprint density at radius 1 is 1.21 bits per heavy atom. The van der Waals surface area contributed by atoms with E-state index in [1.165, 1.54) is 6.92 Å². The van der Waals surface area contributed by atoms with Crippen molar-refractivity contribution in [3.63, 3.8) is 0 Å². The van der Waals surface area contributed by atoms with E-state index < -0.39 is 11.7 Å². The average Bonchev–Trinajstić information content (AvgIpc) is 2.15. The van der Waals surface area contributed by atoms with Gasteiger partial charge in [0.25, 0.3) is 0 Å². The number of Topliss-reactive ketones (excluding diaryl/α,β-unsaturated/α-hetero) is 1. The van der Waals surface area contributed by atoms with E-state index in [1.54, 1.807) is 0 Å². The second kappa shape index (κ2) is 6.42. The molecule has 0 saturated carbocycles. The molecule has 0 N–H and O–H groups in total. The first-order valence-electron chi connectivity index (χ1n) is 3.96. The number of rotatable bonds is 3.